The lowest BCUT2D eigenvalue weighted by Crippen LogP contribution is -2.38. The van der Waals surface area contributed by atoms with Crippen LogP contribution in [0.25, 0.3) is 0 Å². The van der Waals surface area contributed by atoms with Gasteiger partial charge in [0.2, 0.25) is 5.91 Å². The summed E-state index contributed by atoms with van der Waals surface area (Å²) in [5, 5.41) is 1.03. The molecule has 0 unspecified atom stereocenters. The molecule has 1 aliphatic heterocycles. The van der Waals surface area contributed by atoms with Crippen molar-refractivity contribution in [1.82, 2.24) is 4.90 Å². The van der Waals surface area contributed by atoms with E-state index in [0.717, 1.165) is 17.7 Å². The number of rotatable bonds is 7. The Balaban J connectivity index is 1.58. The quantitative estimate of drug-likeness (QED) is 0.550. The number of ether oxygens (including phenoxy) is 3. The number of benzene rings is 2. The summed E-state index contributed by atoms with van der Waals surface area (Å²) in [5.41, 5.74) is 2.30. The van der Waals surface area contributed by atoms with Crippen molar-refractivity contribution >= 4 is 29.1 Å². The van der Waals surface area contributed by atoms with Crippen LogP contribution in [-0.2, 0) is 11.2 Å². The summed E-state index contributed by atoms with van der Waals surface area (Å²) >= 11 is 12.0. The molecule has 7 heteroatoms. The first-order chi connectivity index (χ1) is 13.9. The molecule has 1 aliphatic rings. The Hall–Kier alpha value is -2.11. The maximum absolute atomic E-state index is 12.8. The van der Waals surface area contributed by atoms with Crippen LogP contribution >= 0.6 is 23.2 Å². The summed E-state index contributed by atoms with van der Waals surface area (Å²) in [4.78, 5) is 14.7. The smallest absolute Gasteiger partial charge is 0.223 e. The highest BCUT2D eigenvalue weighted by Crippen LogP contribution is 2.38. The zero-order valence-corrected chi connectivity index (χ0v) is 18.3. The van der Waals surface area contributed by atoms with E-state index in [1.807, 2.05) is 24.0 Å². The van der Waals surface area contributed by atoms with Gasteiger partial charge in [0.05, 0.1) is 31.9 Å². The highest BCUT2D eigenvalue weighted by molar-refractivity contribution is 6.35. The van der Waals surface area contributed by atoms with Crippen molar-refractivity contribution < 1.29 is 19.0 Å². The van der Waals surface area contributed by atoms with Crippen molar-refractivity contribution in [3.8, 4) is 17.2 Å². The monoisotopic (exact) mass is 437 g/mol. The van der Waals surface area contributed by atoms with Gasteiger partial charge in [-0.2, -0.15) is 0 Å². The third-order valence-electron chi connectivity index (χ3n) is 5.19. The Morgan fingerprint density at radius 1 is 1.10 bits per heavy atom. The van der Waals surface area contributed by atoms with Crippen LogP contribution in [0.3, 0.4) is 0 Å². The van der Waals surface area contributed by atoms with Crippen LogP contribution in [0.4, 0.5) is 0 Å². The fraction of sp³-hybridized carbons (Fsp3) is 0.409. The van der Waals surface area contributed by atoms with E-state index in [0.29, 0.717) is 47.5 Å². The van der Waals surface area contributed by atoms with Gasteiger partial charge < -0.3 is 19.1 Å². The van der Waals surface area contributed by atoms with Gasteiger partial charge >= 0.3 is 0 Å². The molecule has 0 bridgehead atoms. The molecule has 156 valence electrons. The molecule has 0 radical (unpaired) electrons. The second kappa shape index (κ2) is 9.59. The van der Waals surface area contributed by atoms with Crippen LogP contribution in [0, 0.1) is 0 Å². The minimum absolute atomic E-state index is 0.0160. The number of fused-ring (bicyclic) bond motifs is 1. The van der Waals surface area contributed by atoms with Crippen molar-refractivity contribution in [3.63, 3.8) is 0 Å². The Morgan fingerprint density at radius 2 is 1.83 bits per heavy atom. The summed E-state index contributed by atoms with van der Waals surface area (Å²) < 4.78 is 16.5. The maximum atomic E-state index is 12.8. The normalized spacial score (nSPS) is 15.6. The standard InChI is InChI=1S/C22H25Cl2NO4/c1-14-17-13-21(28-3)20(27-2)11-15(17)8-9-25(14)22(26)5-4-10-29-19-7-6-16(23)12-18(19)24/h6-7,11-14H,4-5,8-10H2,1-3H3/t14-/m1/s1. The van der Waals surface area contributed by atoms with Gasteiger partial charge in [-0.05, 0) is 61.2 Å². The molecule has 0 N–H and O–H groups in total. The van der Waals surface area contributed by atoms with Gasteiger partial charge in [-0.15, -0.1) is 0 Å². The molecule has 0 aromatic heterocycles. The summed E-state index contributed by atoms with van der Waals surface area (Å²) in [6.07, 6.45) is 1.82. The van der Waals surface area contributed by atoms with Crippen molar-refractivity contribution in [1.29, 1.82) is 0 Å². The minimum atomic E-state index is -0.0160. The van der Waals surface area contributed by atoms with Crippen LogP contribution in [0.5, 0.6) is 17.2 Å². The van der Waals surface area contributed by atoms with E-state index in [1.54, 1.807) is 32.4 Å². The molecule has 3 rings (SSSR count). The zero-order chi connectivity index (χ0) is 21.0. The van der Waals surface area contributed by atoms with Crippen LogP contribution in [0.1, 0.15) is 36.9 Å². The van der Waals surface area contributed by atoms with E-state index < -0.39 is 0 Å². The van der Waals surface area contributed by atoms with Gasteiger partial charge in [-0.1, -0.05) is 23.2 Å². The van der Waals surface area contributed by atoms with Gasteiger partial charge in [0.15, 0.2) is 11.5 Å². The lowest BCUT2D eigenvalue weighted by Gasteiger charge is -2.36. The highest BCUT2D eigenvalue weighted by atomic mass is 35.5. The molecule has 0 fully saturated rings. The number of carbonyl (C=O) groups is 1. The van der Waals surface area contributed by atoms with Crippen molar-refractivity contribution in [3.05, 3.63) is 51.5 Å². The lowest BCUT2D eigenvalue weighted by molar-refractivity contribution is -0.134. The molecular weight excluding hydrogens is 413 g/mol. The predicted molar refractivity (Wildman–Crippen MR) is 115 cm³/mol. The van der Waals surface area contributed by atoms with Gasteiger partial charge in [-0.25, -0.2) is 0 Å². The predicted octanol–water partition coefficient (Wildman–Crippen LogP) is 5.32. The number of hydrogen-bond donors (Lipinski definition) is 0. The van der Waals surface area contributed by atoms with Crippen LogP contribution in [0.15, 0.2) is 30.3 Å². The van der Waals surface area contributed by atoms with Crippen molar-refractivity contribution in [2.24, 2.45) is 0 Å². The second-order valence-corrected chi connectivity index (χ2v) is 7.79. The number of methoxy groups -OCH3 is 2. The van der Waals surface area contributed by atoms with E-state index in [-0.39, 0.29) is 11.9 Å². The lowest BCUT2D eigenvalue weighted by atomic mass is 9.92. The number of amides is 1. The minimum Gasteiger partial charge on any atom is -0.493 e. The molecule has 0 spiro atoms. The average molecular weight is 438 g/mol. The van der Waals surface area contributed by atoms with Crippen molar-refractivity contribution in [2.45, 2.75) is 32.2 Å². The first-order valence-electron chi connectivity index (χ1n) is 9.56. The molecule has 5 nitrogen and oxygen atoms in total. The molecule has 29 heavy (non-hydrogen) atoms. The fourth-order valence-electron chi connectivity index (χ4n) is 3.63. The second-order valence-electron chi connectivity index (χ2n) is 6.95. The van der Waals surface area contributed by atoms with Gasteiger partial charge in [0.1, 0.15) is 5.75 Å². The van der Waals surface area contributed by atoms with E-state index >= 15 is 0 Å². The number of hydrogen-bond acceptors (Lipinski definition) is 4. The highest BCUT2D eigenvalue weighted by Gasteiger charge is 2.28. The largest absolute Gasteiger partial charge is 0.493 e. The molecule has 0 saturated heterocycles. The maximum Gasteiger partial charge on any atom is 0.223 e. The molecule has 0 saturated carbocycles. The van der Waals surface area contributed by atoms with E-state index in [9.17, 15) is 4.79 Å². The number of nitrogens with zero attached hydrogens (tertiary/aromatic N) is 1. The fourth-order valence-corrected chi connectivity index (χ4v) is 4.09. The summed E-state index contributed by atoms with van der Waals surface area (Å²) in [6.45, 7) is 3.15. The van der Waals surface area contributed by atoms with E-state index in [2.05, 4.69) is 0 Å². The first-order valence-corrected chi connectivity index (χ1v) is 10.3. The van der Waals surface area contributed by atoms with Crippen LogP contribution in [-0.4, -0.2) is 38.2 Å². The first kappa shape index (κ1) is 21.6. The topological polar surface area (TPSA) is 48.0 Å². The summed E-state index contributed by atoms with van der Waals surface area (Å²) in [6, 6.07) is 9.07. The van der Waals surface area contributed by atoms with E-state index in [4.69, 9.17) is 37.4 Å². The Bertz CT molecular complexity index is 887. The summed E-state index contributed by atoms with van der Waals surface area (Å²) in [5.74, 6) is 2.09. The zero-order valence-electron chi connectivity index (χ0n) is 16.8. The van der Waals surface area contributed by atoms with Crippen LogP contribution < -0.4 is 14.2 Å². The van der Waals surface area contributed by atoms with Gasteiger partial charge in [0, 0.05) is 18.0 Å². The van der Waals surface area contributed by atoms with Gasteiger partial charge in [-0.3, -0.25) is 4.79 Å². The summed E-state index contributed by atoms with van der Waals surface area (Å²) in [7, 11) is 3.25. The van der Waals surface area contributed by atoms with Gasteiger partial charge in [0.25, 0.3) is 0 Å². The molecule has 2 aromatic rings. The van der Waals surface area contributed by atoms with E-state index in [1.165, 1.54) is 5.56 Å². The number of halogens is 2. The molecule has 1 atom stereocenters. The molecule has 1 amide bonds. The van der Waals surface area contributed by atoms with Crippen molar-refractivity contribution in [2.75, 3.05) is 27.4 Å². The third kappa shape index (κ3) is 4.90. The Kier molecular flexibility index (Phi) is 7.14. The molecule has 0 aliphatic carbocycles. The SMILES string of the molecule is COc1cc2c(cc1OC)[C@@H](C)N(C(=O)CCCOc1ccc(Cl)cc1Cl)CC2. The average Bonchev–Trinajstić information content (AvgIpc) is 2.71. The molecule has 2 aromatic carbocycles. The van der Waals surface area contributed by atoms with Crippen LogP contribution in [0.2, 0.25) is 10.0 Å². The third-order valence-corrected chi connectivity index (χ3v) is 5.72. The molecular formula is C22H25Cl2NO4. The Labute approximate surface area is 181 Å². The Morgan fingerprint density at radius 3 is 2.52 bits per heavy atom. The number of carbonyl (C=O) groups excluding carboxylic acids is 1. The molecule has 1 heterocycles.